The minimum Gasteiger partial charge on any atom is -0.490 e. The number of hydrogen-bond acceptors (Lipinski definition) is 8. The molecule has 0 radical (unpaired) electrons. The van der Waals surface area contributed by atoms with Gasteiger partial charge in [-0.2, -0.15) is 0 Å². The van der Waals surface area contributed by atoms with Gasteiger partial charge in [0.05, 0.1) is 67.0 Å². The lowest BCUT2D eigenvalue weighted by Crippen LogP contribution is -2.37. The highest BCUT2D eigenvalue weighted by Gasteiger charge is 2.31. The Balaban J connectivity index is 1.64. The zero-order chi connectivity index (χ0) is 27.5. The summed E-state index contributed by atoms with van der Waals surface area (Å²) in [5, 5.41) is 3.31. The number of rotatable bonds is 8. The predicted octanol–water partition coefficient (Wildman–Crippen LogP) is 4.96. The van der Waals surface area contributed by atoms with Gasteiger partial charge in [-0.3, -0.25) is 13.8 Å². The highest BCUT2D eigenvalue weighted by atomic mass is 79.9. The van der Waals surface area contributed by atoms with Crippen molar-refractivity contribution in [2.75, 3.05) is 43.2 Å². The molecule has 3 aromatic rings. The molecule has 5 rings (SSSR count). The standard InChI is InChI=1S/C26H27BrFN3O7S/c1-35-26(32)15-8-17(12-20(9-15)38-19-3-6-36-7-4-19)30-25-23(31(39(33)34)18-2-5-37-14-18)13-29-22-11-16(27)10-21(28)24(22)25/h8-13,18-19H,2-7,14H2,1H3,(H,29,30)(H,33,34). The minimum absolute atomic E-state index is 0.0960. The van der Waals surface area contributed by atoms with Crippen LogP contribution in [0, 0.1) is 5.82 Å². The first-order valence-electron chi connectivity index (χ1n) is 12.3. The maximum absolute atomic E-state index is 15.5. The Morgan fingerprint density at radius 2 is 1.95 bits per heavy atom. The number of carbonyl (C=O) groups is 1. The van der Waals surface area contributed by atoms with Crippen LogP contribution in [0.5, 0.6) is 5.75 Å². The molecule has 1 aromatic heterocycles. The Kier molecular flexibility index (Phi) is 8.62. The third-order valence-electron chi connectivity index (χ3n) is 6.58. The fraction of sp³-hybridized carbons (Fsp3) is 0.385. The van der Waals surface area contributed by atoms with Gasteiger partial charge in [0.15, 0.2) is 0 Å². The van der Waals surface area contributed by atoms with Gasteiger partial charge in [0.2, 0.25) is 0 Å². The van der Waals surface area contributed by atoms with Gasteiger partial charge in [0.25, 0.3) is 11.3 Å². The van der Waals surface area contributed by atoms with Gasteiger partial charge >= 0.3 is 5.97 Å². The summed E-state index contributed by atoms with van der Waals surface area (Å²) >= 11 is 0.838. The summed E-state index contributed by atoms with van der Waals surface area (Å²) in [6, 6.07) is 7.34. The molecule has 0 aliphatic carbocycles. The first-order valence-corrected chi connectivity index (χ1v) is 14.2. The number of aromatic nitrogens is 1. The molecule has 2 unspecified atom stereocenters. The molecule has 0 spiro atoms. The molecule has 0 bridgehead atoms. The molecule has 3 heterocycles. The van der Waals surface area contributed by atoms with E-state index in [4.69, 9.17) is 18.9 Å². The number of methoxy groups -OCH3 is 1. The molecule has 39 heavy (non-hydrogen) atoms. The van der Waals surface area contributed by atoms with Crippen LogP contribution in [-0.2, 0) is 25.5 Å². The number of nitrogens with zero attached hydrogens (tertiary/aromatic N) is 2. The van der Waals surface area contributed by atoms with E-state index in [1.807, 2.05) is 0 Å². The van der Waals surface area contributed by atoms with Crippen molar-refractivity contribution in [3.63, 3.8) is 0 Å². The second-order valence-corrected chi connectivity index (χ2v) is 10.9. The Morgan fingerprint density at radius 1 is 1.18 bits per heavy atom. The molecule has 2 N–H and O–H groups in total. The fourth-order valence-electron chi connectivity index (χ4n) is 4.75. The van der Waals surface area contributed by atoms with Crippen LogP contribution >= 0.6 is 15.9 Å². The van der Waals surface area contributed by atoms with Gasteiger partial charge in [-0.1, -0.05) is 15.9 Å². The summed E-state index contributed by atoms with van der Waals surface area (Å²) in [4.78, 5) is 16.9. The van der Waals surface area contributed by atoms with E-state index in [2.05, 4.69) is 26.2 Å². The number of fused-ring (bicyclic) bond motifs is 1. The molecule has 0 saturated carbocycles. The summed E-state index contributed by atoms with van der Waals surface area (Å²) in [7, 11) is 1.28. The second-order valence-electron chi connectivity index (χ2n) is 9.17. The molecule has 208 valence electrons. The van der Waals surface area contributed by atoms with Crippen molar-refractivity contribution in [1.82, 2.24) is 4.98 Å². The monoisotopic (exact) mass is 623 g/mol. The predicted molar refractivity (Wildman–Crippen MR) is 147 cm³/mol. The quantitative estimate of drug-likeness (QED) is 0.265. The number of pyridine rings is 1. The fourth-order valence-corrected chi connectivity index (χ4v) is 5.89. The van der Waals surface area contributed by atoms with E-state index < -0.39 is 29.1 Å². The largest absolute Gasteiger partial charge is 0.490 e. The average molecular weight is 624 g/mol. The van der Waals surface area contributed by atoms with Crippen LogP contribution in [0.1, 0.15) is 29.6 Å². The lowest BCUT2D eigenvalue weighted by atomic mass is 10.1. The highest BCUT2D eigenvalue weighted by Crippen LogP contribution is 2.40. The number of carbonyl (C=O) groups excluding carboxylic acids is 1. The molecule has 2 aliphatic rings. The van der Waals surface area contributed by atoms with Crippen LogP contribution in [0.3, 0.4) is 0 Å². The maximum Gasteiger partial charge on any atom is 0.338 e. The van der Waals surface area contributed by atoms with Crippen molar-refractivity contribution in [3.8, 4) is 5.75 Å². The Labute approximate surface area is 235 Å². The van der Waals surface area contributed by atoms with E-state index in [1.165, 1.54) is 23.7 Å². The molecule has 2 fully saturated rings. The van der Waals surface area contributed by atoms with E-state index in [1.54, 1.807) is 24.3 Å². The molecule has 13 heteroatoms. The van der Waals surface area contributed by atoms with Gasteiger partial charge in [0, 0.05) is 35.7 Å². The summed E-state index contributed by atoms with van der Waals surface area (Å²) in [6.45, 7) is 1.81. The van der Waals surface area contributed by atoms with Gasteiger partial charge in [-0.25, -0.2) is 13.4 Å². The molecular weight excluding hydrogens is 597 g/mol. The molecule has 10 nitrogen and oxygen atoms in total. The van der Waals surface area contributed by atoms with Crippen molar-refractivity contribution in [2.24, 2.45) is 0 Å². The number of anilines is 3. The molecule has 2 aromatic carbocycles. The minimum atomic E-state index is -2.46. The van der Waals surface area contributed by atoms with Crippen molar-refractivity contribution < 1.29 is 36.9 Å². The molecule has 0 amide bonds. The maximum atomic E-state index is 15.5. The molecule has 2 saturated heterocycles. The third kappa shape index (κ3) is 6.17. The van der Waals surface area contributed by atoms with E-state index in [-0.39, 0.29) is 35.0 Å². The van der Waals surface area contributed by atoms with E-state index in [0.29, 0.717) is 60.5 Å². The van der Waals surface area contributed by atoms with E-state index in [0.717, 1.165) is 0 Å². The van der Waals surface area contributed by atoms with Crippen molar-refractivity contribution >= 4 is 61.1 Å². The first kappa shape index (κ1) is 27.7. The number of benzene rings is 2. The molecule has 2 aliphatic heterocycles. The normalized spacial score (nSPS) is 18.6. The number of esters is 1. The number of halogens is 2. The molecular formula is C26H27BrFN3O7S. The summed E-state index contributed by atoms with van der Waals surface area (Å²) in [5.74, 6) is -0.751. The van der Waals surface area contributed by atoms with Gasteiger partial charge < -0.3 is 24.3 Å². The molecule has 2 atom stereocenters. The van der Waals surface area contributed by atoms with E-state index in [9.17, 15) is 13.6 Å². The van der Waals surface area contributed by atoms with Crippen LogP contribution in [-0.4, -0.2) is 65.4 Å². The topological polar surface area (TPSA) is 119 Å². The van der Waals surface area contributed by atoms with Crippen LogP contribution < -0.4 is 14.4 Å². The lowest BCUT2D eigenvalue weighted by molar-refractivity contribution is 0.0254. The van der Waals surface area contributed by atoms with Crippen molar-refractivity contribution in [3.05, 3.63) is 52.4 Å². The van der Waals surface area contributed by atoms with Crippen molar-refractivity contribution in [2.45, 2.75) is 31.4 Å². The van der Waals surface area contributed by atoms with Gasteiger partial charge in [-0.15, -0.1) is 0 Å². The SMILES string of the molecule is COC(=O)c1cc(Nc2c(N(C3CCOC3)S(=O)O)cnc3cc(Br)cc(F)c23)cc(OC2CCOCC2)c1. The second kappa shape index (κ2) is 12.1. The Morgan fingerprint density at radius 3 is 2.64 bits per heavy atom. The Hall–Kier alpha value is -2.84. The van der Waals surface area contributed by atoms with Crippen LogP contribution in [0.25, 0.3) is 10.9 Å². The van der Waals surface area contributed by atoms with Gasteiger partial charge in [0.1, 0.15) is 17.7 Å². The summed E-state index contributed by atoms with van der Waals surface area (Å²) in [5.41, 5.74) is 1.35. The zero-order valence-corrected chi connectivity index (χ0v) is 23.4. The zero-order valence-electron chi connectivity index (χ0n) is 21.0. The number of ether oxygens (including phenoxy) is 4. The highest BCUT2D eigenvalue weighted by molar-refractivity contribution is 9.10. The number of hydrogen-bond donors (Lipinski definition) is 2. The average Bonchev–Trinajstić information content (AvgIpc) is 3.43. The number of nitrogens with one attached hydrogen (secondary N) is 1. The summed E-state index contributed by atoms with van der Waals surface area (Å²) < 4.78 is 62.0. The Bertz CT molecular complexity index is 1400. The van der Waals surface area contributed by atoms with Crippen LogP contribution in [0.15, 0.2) is 41.0 Å². The smallest absolute Gasteiger partial charge is 0.338 e. The van der Waals surface area contributed by atoms with E-state index >= 15 is 4.39 Å². The third-order valence-corrected chi connectivity index (χ3v) is 7.87. The first-order chi connectivity index (χ1) is 18.8. The van der Waals surface area contributed by atoms with Crippen LogP contribution in [0.4, 0.5) is 21.5 Å². The lowest BCUT2D eigenvalue weighted by Gasteiger charge is -2.28. The van der Waals surface area contributed by atoms with Crippen LogP contribution in [0.2, 0.25) is 0 Å². The summed E-state index contributed by atoms with van der Waals surface area (Å²) in [6.07, 6.45) is 3.23. The van der Waals surface area contributed by atoms with Crippen molar-refractivity contribution in [1.29, 1.82) is 0 Å². The van der Waals surface area contributed by atoms with Gasteiger partial charge in [-0.05, 0) is 30.7 Å².